The van der Waals surface area contributed by atoms with Crippen LogP contribution in [0.5, 0.6) is 0 Å². The van der Waals surface area contributed by atoms with Gasteiger partial charge in [-0.3, -0.25) is 4.79 Å². The molecule has 2 unspecified atom stereocenters. The molecule has 0 fully saturated rings. The average molecular weight is 290 g/mol. The van der Waals surface area contributed by atoms with Crippen molar-refractivity contribution in [2.24, 2.45) is 11.8 Å². The van der Waals surface area contributed by atoms with E-state index >= 15 is 0 Å². The van der Waals surface area contributed by atoms with Crippen LogP contribution in [0.25, 0.3) is 0 Å². The van der Waals surface area contributed by atoms with Crippen molar-refractivity contribution >= 4 is 23.8 Å². The number of hydrogen-bond donors (Lipinski definition) is 3. The normalized spacial score (nSPS) is 13.9. The molecule has 112 valence electrons. The molecule has 2 atom stereocenters. The molecule has 5 nitrogen and oxygen atoms in total. The summed E-state index contributed by atoms with van der Waals surface area (Å²) in [5.41, 5.74) is 0. The summed E-state index contributed by atoms with van der Waals surface area (Å²) in [5, 5.41) is 14.5. The number of amides is 2. The lowest BCUT2D eigenvalue weighted by Gasteiger charge is -2.17. The molecule has 0 radical (unpaired) electrons. The van der Waals surface area contributed by atoms with Crippen LogP contribution in [-0.2, 0) is 4.79 Å². The zero-order valence-electron chi connectivity index (χ0n) is 12.2. The highest BCUT2D eigenvalue weighted by molar-refractivity contribution is 7.98. The highest BCUT2D eigenvalue weighted by Gasteiger charge is 2.19. The van der Waals surface area contributed by atoms with Crippen LogP contribution >= 0.6 is 11.8 Å². The maximum atomic E-state index is 11.6. The first-order valence-corrected chi connectivity index (χ1v) is 8.02. The predicted molar refractivity (Wildman–Crippen MR) is 79.6 cm³/mol. The minimum atomic E-state index is -0.857. The van der Waals surface area contributed by atoms with Crippen LogP contribution in [0.1, 0.15) is 33.6 Å². The summed E-state index contributed by atoms with van der Waals surface area (Å²) < 4.78 is 0. The molecule has 0 aromatic heterocycles. The highest BCUT2D eigenvalue weighted by atomic mass is 32.2. The number of aliphatic carboxylic acids is 1. The molecular weight excluding hydrogens is 264 g/mol. The van der Waals surface area contributed by atoms with E-state index in [1.165, 1.54) is 0 Å². The van der Waals surface area contributed by atoms with Gasteiger partial charge in [0.2, 0.25) is 0 Å². The van der Waals surface area contributed by atoms with Crippen LogP contribution in [0.3, 0.4) is 0 Å². The van der Waals surface area contributed by atoms with Gasteiger partial charge >= 0.3 is 12.0 Å². The zero-order chi connectivity index (χ0) is 14.8. The molecule has 3 N–H and O–H groups in total. The molecule has 0 heterocycles. The van der Waals surface area contributed by atoms with Crippen LogP contribution in [0.4, 0.5) is 4.79 Å². The van der Waals surface area contributed by atoms with E-state index < -0.39 is 11.9 Å². The Kier molecular flexibility index (Phi) is 9.47. The molecule has 6 heteroatoms. The number of carboxylic acids is 1. The average Bonchev–Trinajstić information content (AvgIpc) is 2.31. The van der Waals surface area contributed by atoms with Gasteiger partial charge in [0.1, 0.15) is 0 Å². The van der Waals surface area contributed by atoms with Crippen molar-refractivity contribution in [3.8, 4) is 0 Å². The van der Waals surface area contributed by atoms with E-state index in [0.717, 1.165) is 12.2 Å². The fourth-order valence-electron chi connectivity index (χ4n) is 1.70. The Bertz CT molecular complexity index is 285. The maximum Gasteiger partial charge on any atom is 0.315 e. The molecular formula is C13H26N2O3S. The molecule has 19 heavy (non-hydrogen) atoms. The molecule has 0 bridgehead atoms. The zero-order valence-corrected chi connectivity index (χ0v) is 13.0. The van der Waals surface area contributed by atoms with Gasteiger partial charge < -0.3 is 15.7 Å². The lowest BCUT2D eigenvalue weighted by Crippen LogP contribution is -2.43. The van der Waals surface area contributed by atoms with E-state index in [2.05, 4.69) is 10.6 Å². The summed E-state index contributed by atoms with van der Waals surface area (Å²) in [7, 11) is 0. The van der Waals surface area contributed by atoms with E-state index in [-0.39, 0.29) is 18.6 Å². The summed E-state index contributed by atoms with van der Waals surface area (Å²) in [6.45, 7) is 6.06. The number of carboxylic acid groups (broad SMARTS) is 1. The topological polar surface area (TPSA) is 78.4 Å². The van der Waals surface area contributed by atoms with Gasteiger partial charge in [-0.2, -0.15) is 11.8 Å². The van der Waals surface area contributed by atoms with Gasteiger partial charge in [-0.05, 0) is 37.7 Å². The smallest absolute Gasteiger partial charge is 0.315 e. The quantitative estimate of drug-likeness (QED) is 0.608. The number of carbonyl (C=O) groups excluding carboxylic acids is 1. The molecule has 0 aromatic rings. The Morgan fingerprint density at radius 3 is 2.37 bits per heavy atom. The van der Waals surface area contributed by atoms with Crippen molar-refractivity contribution in [1.82, 2.24) is 10.6 Å². The van der Waals surface area contributed by atoms with E-state index in [9.17, 15) is 9.59 Å². The van der Waals surface area contributed by atoms with Crippen molar-refractivity contribution < 1.29 is 14.7 Å². The maximum absolute atomic E-state index is 11.6. The number of hydrogen-bond acceptors (Lipinski definition) is 3. The monoisotopic (exact) mass is 290 g/mol. The van der Waals surface area contributed by atoms with E-state index in [4.69, 9.17) is 5.11 Å². The number of rotatable bonds is 9. The number of urea groups is 1. The SMILES string of the molecule is CSCCC(C)NC(=O)NCC(CC(C)C)C(=O)O. The Labute approximate surface area is 119 Å². The van der Waals surface area contributed by atoms with Crippen molar-refractivity contribution in [3.05, 3.63) is 0 Å². The first-order valence-electron chi connectivity index (χ1n) is 6.62. The van der Waals surface area contributed by atoms with Gasteiger partial charge in [0.15, 0.2) is 0 Å². The minimum absolute atomic E-state index is 0.0980. The minimum Gasteiger partial charge on any atom is -0.481 e. The lowest BCUT2D eigenvalue weighted by molar-refractivity contribution is -0.142. The first kappa shape index (κ1) is 18.1. The predicted octanol–water partition coefficient (Wildman–Crippen LogP) is 2.17. The second-order valence-electron chi connectivity index (χ2n) is 5.20. The Hall–Kier alpha value is -0.910. The van der Waals surface area contributed by atoms with Crippen LogP contribution in [0, 0.1) is 11.8 Å². The van der Waals surface area contributed by atoms with Gasteiger partial charge in [-0.25, -0.2) is 4.79 Å². The van der Waals surface area contributed by atoms with Gasteiger partial charge in [-0.1, -0.05) is 13.8 Å². The second-order valence-corrected chi connectivity index (χ2v) is 6.19. The van der Waals surface area contributed by atoms with Crippen LogP contribution in [0.15, 0.2) is 0 Å². The fourth-order valence-corrected chi connectivity index (χ4v) is 2.29. The Morgan fingerprint density at radius 2 is 1.89 bits per heavy atom. The summed E-state index contributed by atoms with van der Waals surface area (Å²) in [6, 6.07) is -0.190. The molecule has 2 amide bonds. The first-order chi connectivity index (χ1) is 8.86. The third-order valence-electron chi connectivity index (χ3n) is 2.75. The standard InChI is InChI=1S/C13H26N2O3S/c1-9(2)7-11(12(16)17)8-14-13(18)15-10(3)5-6-19-4/h9-11H,5-8H2,1-4H3,(H,16,17)(H2,14,15,18). The number of carbonyl (C=O) groups is 2. The number of thioether (sulfide) groups is 1. The molecule has 0 rings (SSSR count). The molecule has 0 aliphatic carbocycles. The third kappa shape index (κ3) is 9.64. The molecule has 0 spiro atoms. The van der Waals surface area contributed by atoms with Crippen molar-refractivity contribution in [2.75, 3.05) is 18.6 Å². The van der Waals surface area contributed by atoms with Crippen molar-refractivity contribution in [3.63, 3.8) is 0 Å². The van der Waals surface area contributed by atoms with Crippen molar-refractivity contribution in [2.45, 2.75) is 39.7 Å². The van der Waals surface area contributed by atoms with Crippen LogP contribution < -0.4 is 10.6 Å². The van der Waals surface area contributed by atoms with E-state index in [1.54, 1.807) is 11.8 Å². The van der Waals surface area contributed by atoms with E-state index in [1.807, 2.05) is 27.0 Å². The largest absolute Gasteiger partial charge is 0.481 e. The van der Waals surface area contributed by atoms with Gasteiger partial charge in [-0.15, -0.1) is 0 Å². The Morgan fingerprint density at radius 1 is 1.26 bits per heavy atom. The summed E-state index contributed by atoms with van der Waals surface area (Å²) >= 11 is 1.74. The molecule has 0 aliphatic heterocycles. The summed E-state index contributed by atoms with van der Waals surface area (Å²) in [5.74, 6) is -0.0878. The third-order valence-corrected chi connectivity index (χ3v) is 3.39. The fraction of sp³-hybridized carbons (Fsp3) is 0.846. The van der Waals surface area contributed by atoms with Gasteiger partial charge in [0.05, 0.1) is 5.92 Å². The van der Waals surface area contributed by atoms with Crippen molar-refractivity contribution in [1.29, 1.82) is 0 Å². The van der Waals surface area contributed by atoms with Crippen LogP contribution in [0.2, 0.25) is 0 Å². The lowest BCUT2D eigenvalue weighted by atomic mass is 9.97. The summed E-state index contributed by atoms with van der Waals surface area (Å²) in [6.07, 6.45) is 3.50. The molecule has 0 aromatic carbocycles. The van der Waals surface area contributed by atoms with Crippen LogP contribution in [-0.4, -0.2) is 41.7 Å². The summed E-state index contributed by atoms with van der Waals surface area (Å²) in [4.78, 5) is 22.6. The van der Waals surface area contributed by atoms with E-state index in [0.29, 0.717) is 12.3 Å². The second kappa shape index (κ2) is 9.95. The van der Waals surface area contributed by atoms with Gasteiger partial charge in [0.25, 0.3) is 0 Å². The number of nitrogens with one attached hydrogen (secondary N) is 2. The highest BCUT2D eigenvalue weighted by Crippen LogP contribution is 2.11. The molecule has 0 aliphatic rings. The molecule has 0 saturated heterocycles. The molecule has 0 saturated carbocycles. The Balaban J connectivity index is 4.01. The van der Waals surface area contributed by atoms with Gasteiger partial charge in [0, 0.05) is 12.6 Å².